The maximum Gasteiger partial charge on any atom is 0.122 e. The van der Waals surface area contributed by atoms with Crippen LogP contribution in [0, 0.1) is 0 Å². The second kappa shape index (κ2) is 4.77. The van der Waals surface area contributed by atoms with Crippen molar-refractivity contribution in [1.29, 1.82) is 0 Å². The first-order valence-corrected chi connectivity index (χ1v) is 5.70. The van der Waals surface area contributed by atoms with E-state index in [-0.39, 0.29) is 6.10 Å². The van der Waals surface area contributed by atoms with Gasteiger partial charge in [-0.1, -0.05) is 0 Å². The molecule has 1 aliphatic rings. The Morgan fingerprint density at radius 2 is 2.20 bits per heavy atom. The summed E-state index contributed by atoms with van der Waals surface area (Å²) in [5.41, 5.74) is 0. The molecule has 0 unspecified atom stereocenters. The summed E-state index contributed by atoms with van der Waals surface area (Å²) in [6.07, 6.45) is 5.58. The molecule has 1 saturated heterocycles. The van der Waals surface area contributed by atoms with Crippen molar-refractivity contribution in [2.75, 3.05) is 13.1 Å². The average molecular weight is 209 g/mol. The van der Waals surface area contributed by atoms with Crippen LogP contribution in [0.25, 0.3) is 0 Å². The Morgan fingerprint density at radius 1 is 1.47 bits per heavy atom. The van der Waals surface area contributed by atoms with Crippen molar-refractivity contribution in [3.8, 4) is 0 Å². The number of aromatic nitrogens is 2. The number of aliphatic hydroxyl groups is 1. The first kappa shape index (κ1) is 10.6. The minimum atomic E-state index is -0.0906. The van der Waals surface area contributed by atoms with E-state index in [2.05, 4.69) is 21.4 Å². The van der Waals surface area contributed by atoms with Gasteiger partial charge in [-0.2, -0.15) is 0 Å². The zero-order chi connectivity index (χ0) is 10.7. The van der Waals surface area contributed by atoms with Crippen LogP contribution in [0.15, 0.2) is 12.4 Å². The fourth-order valence-electron chi connectivity index (χ4n) is 2.06. The second-order valence-corrected chi connectivity index (χ2v) is 4.14. The molecule has 0 saturated carbocycles. The van der Waals surface area contributed by atoms with E-state index in [0.717, 1.165) is 44.8 Å². The lowest BCUT2D eigenvalue weighted by Gasteiger charge is -2.29. The van der Waals surface area contributed by atoms with E-state index in [1.807, 2.05) is 12.4 Å². The van der Waals surface area contributed by atoms with Crippen molar-refractivity contribution in [2.24, 2.45) is 0 Å². The normalized spacial score (nSPS) is 19.6. The van der Waals surface area contributed by atoms with Crippen molar-refractivity contribution in [2.45, 2.75) is 39.0 Å². The topological polar surface area (TPSA) is 41.3 Å². The number of aryl methyl sites for hydroxylation is 1. The molecule has 0 bridgehead atoms. The molecule has 2 rings (SSSR count). The third-order valence-corrected chi connectivity index (χ3v) is 3.06. The Balaban J connectivity index is 1.91. The first-order chi connectivity index (χ1) is 7.29. The number of rotatable bonds is 3. The predicted octanol–water partition coefficient (Wildman–Crippen LogP) is 0.860. The maximum atomic E-state index is 9.41. The lowest BCUT2D eigenvalue weighted by molar-refractivity contribution is 0.0775. The van der Waals surface area contributed by atoms with Gasteiger partial charge in [-0.25, -0.2) is 4.98 Å². The van der Waals surface area contributed by atoms with E-state index in [4.69, 9.17) is 0 Å². The summed E-state index contributed by atoms with van der Waals surface area (Å²) >= 11 is 0. The van der Waals surface area contributed by atoms with Crippen molar-refractivity contribution in [1.82, 2.24) is 14.5 Å². The smallest absolute Gasteiger partial charge is 0.122 e. The first-order valence-electron chi connectivity index (χ1n) is 5.70. The summed E-state index contributed by atoms with van der Waals surface area (Å²) in [5, 5.41) is 9.41. The molecule has 0 radical (unpaired) electrons. The minimum Gasteiger partial charge on any atom is -0.393 e. The number of likely N-dealkylation sites (tertiary alicyclic amines) is 1. The molecule has 0 aromatic carbocycles. The summed E-state index contributed by atoms with van der Waals surface area (Å²) in [6, 6.07) is 0. The molecule has 0 atom stereocenters. The molecule has 1 aliphatic heterocycles. The molecule has 0 aliphatic carbocycles. The Labute approximate surface area is 90.5 Å². The molecular formula is C11H19N3O. The average Bonchev–Trinajstić information content (AvgIpc) is 2.69. The number of aliphatic hydroxyl groups excluding tert-OH is 1. The molecule has 4 nitrogen and oxygen atoms in total. The zero-order valence-electron chi connectivity index (χ0n) is 9.26. The van der Waals surface area contributed by atoms with Crippen LogP contribution in [-0.4, -0.2) is 38.8 Å². The fourth-order valence-corrected chi connectivity index (χ4v) is 2.06. The highest BCUT2D eigenvalue weighted by Crippen LogP contribution is 2.12. The van der Waals surface area contributed by atoms with Gasteiger partial charge in [0.1, 0.15) is 5.82 Å². The van der Waals surface area contributed by atoms with Crippen LogP contribution in [-0.2, 0) is 13.1 Å². The van der Waals surface area contributed by atoms with E-state index in [1.165, 1.54) is 0 Å². The summed E-state index contributed by atoms with van der Waals surface area (Å²) in [7, 11) is 0. The standard InChI is InChI=1S/C11H19N3O/c1-2-14-8-5-12-11(14)9-13-6-3-10(15)4-7-13/h5,8,10,15H,2-4,6-7,9H2,1H3. The fraction of sp³-hybridized carbons (Fsp3) is 0.727. The van der Waals surface area contributed by atoms with Crippen molar-refractivity contribution < 1.29 is 5.11 Å². The van der Waals surface area contributed by atoms with E-state index in [1.54, 1.807) is 0 Å². The minimum absolute atomic E-state index is 0.0906. The molecule has 4 heteroatoms. The van der Waals surface area contributed by atoms with Crippen LogP contribution in [0.5, 0.6) is 0 Å². The number of hydrogen-bond acceptors (Lipinski definition) is 3. The van der Waals surface area contributed by atoms with Crippen LogP contribution >= 0.6 is 0 Å². The quantitative estimate of drug-likeness (QED) is 0.802. The van der Waals surface area contributed by atoms with Crippen molar-refractivity contribution >= 4 is 0 Å². The molecule has 1 N–H and O–H groups in total. The molecular weight excluding hydrogens is 190 g/mol. The molecule has 15 heavy (non-hydrogen) atoms. The van der Waals surface area contributed by atoms with Gasteiger partial charge in [0, 0.05) is 32.0 Å². The highest BCUT2D eigenvalue weighted by Gasteiger charge is 2.18. The molecule has 0 amide bonds. The number of hydrogen-bond donors (Lipinski definition) is 1. The number of piperidine rings is 1. The molecule has 2 heterocycles. The lowest BCUT2D eigenvalue weighted by Crippen LogP contribution is -2.36. The van der Waals surface area contributed by atoms with Gasteiger partial charge in [0.05, 0.1) is 12.6 Å². The largest absolute Gasteiger partial charge is 0.393 e. The van der Waals surface area contributed by atoms with Crippen LogP contribution in [0.2, 0.25) is 0 Å². The third kappa shape index (κ3) is 2.58. The summed E-state index contributed by atoms with van der Waals surface area (Å²) < 4.78 is 2.17. The maximum absolute atomic E-state index is 9.41. The van der Waals surface area contributed by atoms with E-state index < -0.39 is 0 Å². The van der Waals surface area contributed by atoms with Gasteiger partial charge in [0.15, 0.2) is 0 Å². The van der Waals surface area contributed by atoms with E-state index in [0.29, 0.717) is 0 Å². The van der Waals surface area contributed by atoms with Gasteiger partial charge >= 0.3 is 0 Å². The Morgan fingerprint density at radius 3 is 2.87 bits per heavy atom. The Hall–Kier alpha value is -0.870. The Bertz CT molecular complexity index is 303. The van der Waals surface area contributed by atoms with Crippen LogP contribution < -0.4 is 0 Å². The van der Waals surface area contributed by atoms with Gasteiger partial charge in [0.25, 0.3) is 0 Å². The van der Waals surface area contributed by atoms with Crippen LogP contribution in [0.4, 0.5) is 0 Å². The third-order valence-electron chi connectivity index (χ3n) is 3.06. The highest BCUT2D eigenvalue weighted by molar-refractivity contribution is 4.92. The van der Waals surface area contributed by atoms with Crippen LogP contribution in [0.3, 0.4) is 0 Å². The zero-order valence-corrected chi connectivity index (χ0v) is 9.26. The summed E-state index contributed by atoms with van der Waals surface area (Å²) in [4.78, 5) is 6.72. The SMILES string of the molecule is CCn1ccnc1CN1CCC(O)CC1. The molecule has 1 aromatic rings. The van der Waals surface area contributed by atoms with E-state index >= 15 is 0 Å². The van der Waals surface area contributed by atoms with Crippen LogP contribution in [0.1, 0.15) is 25.6 Å². The molecule has 0 spiro atoms. The lowest BCUT2D eigenvalue weighted by atomic mass is 10.1. The molecule has 1 fully saturated rings. The predicted molar refractivity (Wildman–Crippen MR) is 58.4 cm³/mol. The number of imidazole rings is 1. The van der Waals surface area contributed by atoms with Crippen molar-refractivity contribution in [3.05, 3.63) is 18.2 Å². The van der Waals surface area contributed by atoms with Crippen molar-refractivity contribution in [3.63, 3.8) is 0 Å². The van der Waals surface area contributed by atoms with Gasteiger partial charge in [-0.05, 0) is 19.8 Å². The number of nitrogens with zero attached hydrogens (tertiary/aromatic N) is 3. The molecule has 84 valence electrons. The highest BCUT2D eigenvalue weighted by atomic mass is 16.3. The van der Waals surface area contributed by atoms with E-state index in [9.17, 15) is 5.11 Å². The van der Waals surface area contributed by atoms with Gasteiger partial charge in [0.2, 0.25) is 0 Å². The summed E-state index contributed by atoms with van der Waals surface area (Å²) in [6.45, 7) is 5.99. The summed E-state index contributed by atoms with van der Waals surface area (Å²) in [5.74, 6) is 1.13. The van der Waals surface area contributed by atoms with Gasteiger partial charge in [-0.15, -0.1) is 0 Å². The Kier molecular flexibility index (Phi) is 3.38. The molecule has 1 aromatic heterocycles. The van der Waals surface area contributed by atoms with Gasteiger partial charge < -0.3 is 9.67 Å². The van der Waals surface area contributed by atoms with Gasteiger partial charge in [-0.3, -0.25) is 4.90 Å². The monoisotopic (exact) mass is 209 g/mol. The second-order valence-electron chi connectivity index (χ2n) is 4.14.